The highest BCUT2D eigenvalue weighted by atomic mass is 79.9. The fraction of sp³-hybridized carbons (Fsp3) is 0.105. The molecule has 0 atom stereocenters. The second-order valence-corrected chi connectivity index (χ2v) is 6.81. The summed E-state index contributed by atoms with van der Waals surface area (Å²) in [7, 11) is 0. The minimum absolute atomic E-state index is 0.0724. The number of fused-ring (bicyclic) bond motifs is 1. The van der Waals surface area contributed by atoms with Gasteiger partial charge in [-0.15, -0.1) is 0 Å². The molecule has 3 heterocycles. The average molecular weight is 473 g/mol. The lowest BCUT2D eigenvalue weighted by Gasteiger charge is -2.05. The monoisotopic (exact) mass is 472 g/mol. The lowest BCUT2D eigenvalue weighted by atomic mass is 10.2. The second kappa shape index (κ2) is 8.33. The first kappa shape index (κ1) is 19.6. The Morgan fingerprint density at radius 2 is 1.77 bits per heavy atom. The molecule has 0 saturated heterocycles. The normalized spacial score (nSPS) is 10.8. The third-order valence-electron chi connectivity index (χ3n) is 4.00. The number of nitrogens with one attached hydrogen (secondary N) is 2. The molecule has 2 amide bonds. The molecule has 0 bridgehead atoms. The molecular formula is C19H13BrN4O6. The average Bonchev–Trinajstić information content (AvgIpc) is 3.39. The van der Waals surface area contributed by atoms with Gasteiger partial charge in [-0.2, -0.15) is 4.98 Å². The molecule has 152 valence electrons. The number of hydrogen-bond donors (Lipinski definition) is 2. The number of benzene rings is 1. The maximum absolute atomic E-state index is 12.2. The van der Waals surface area contributed by atoms with E-state index in [2.05, 4.69) is 36.7 Å². The molecule has 0 aliphatic rings. The van der Waals surface area contributed by atoms with E-state index in [1.807, 2.05) is 0 Å². The number of para-hydroxylation sites is 1. The second-order valence-electron chi connectivity index (χ2n) is 6.02. The number of carbonyl (C=O) groups is 2. The molecule has 2 N–H and O–H groups in total. The summed E-state index contributed by atoms with van der Waals surface area (Å²) in [4.78, 5) is 40.3. The van der Waals surface area contributed by atoms with Crippen molar-refractivity contribution >= 4 is 38.7 Å². The number of hydrogen-bond acceptors (Lipinski definition) is 8. The van der Waals surface area contributed by atoms with Crippen LogP contribution < -0.4 is 16.3 Å². The fourth-order valence-electron chi connectivity index (χ4n) is 2.59. The van der Waals surface area contributed by atoms with Crippen molar-refractivity contribution in [2.24, 2.45) is 0 Å². The predicted octanol–water partition coefficient (Wildman–Crippen LogP) is 2.36. The van der Waals surface area contributed by atoms with E-state index in [0.29, 0.717) is 21.4 Å². The summed E-state index contributed by atoms with van der Waals surface area (Å²) < 4.78 is 15.8. The number of halogens is 1. The van der Waals surface area contributed by atoms with Gasteiger partial charge in [0.2, 0.25) is 5.82 Å². The van der Waals surface area contributed by atoms with Crippen LogP contribution in [0.4, 0.5) is 0 Å². The van der Waals surface area contributed by atoms with E-state index in [-0.39, 0.29) is 30.4 Å². The Balaban J connectivity index is 1.31. The van der Waals surface area contributed by atoms with E-state index in [4.69, 9.17) is 13.4 Å². The Labute approximate surface area is 176 Å². The van der Waals surface area contributed by atoms with Crippen LogP contribution in [0.15, 0.2) is 65.3 Å². The molecule has 11 heteroatoms. The smallest absolute Gasteiger partial charge is 0.349 e. The van der Waals surface area contributed by atoms with Gasteiger partial charge in [-0.1, -0.05) is 23.4 Å². The standard InChI is InChI=1S/C19H13BrN4O6/c20-14-6-5-13(28-14)15-23-18(30-24-15)17(26)22-8-7-21-16(25)11-9-10-3-1-2-4-12(10)29-19(11)27/h1-6,9H,7-8H2,(H,21,25)(H,22,26). The van der Waals surface area contributed by atoms with Crippen molar-refractivity contribution in [1.29, 1.82) is 0 Å². The zero-order valence-electron chi connectivity index (χ0n) is 15.2. The van der Waals surface area contributed by atoms with Crippen LogP contribution in [0.25, 0.3) is 22.6 Å². The molecule has 0 aliphatic carbocycles. The first-order valence-corrected chi connectivity index (χ1v) is 9.49. The van der Waals surface area contributed by atoms with Gasteiger partial charge in [0.15, 0.2) is 10.4 Å². The molecule has 0 unspecified atom stereocenters. The van der Waals surface area contributed by atoms with E-state index in [0.717, 1.165) is 0 Å². The first-order valence-electron chi connectivity index (χ1n) is 8.70. The van der Waals surface area contributed by atoms with Gasteiger partial charge in [-0.3, -0.25) is 9.59 Å². The summed E-state index contributed by atoms with van der Waals surface area (Å²) in [5, 5.41) is 9.38. The lowest BCUT2D eigenvalue weighted by molar-refractivity contribution is 0.0897. The van der Waals surface area contributed by atoms with Gasteiger partial charge in [0.1, 0.15) is 11.1 Å². The molecule has 0 saturated carbocycles. The van der Waals surface area contributed by atoms with Crippen LogP contribution in [0.5, 0.6) is 0 Å². The Morgan fingerprint density at radius 3 is 2.53 bits per heavy atom. The van der Waals surface area contributed by atoms with Crippen LogP contribution in [0.2, 0.25) is 0 Å². The number of aromatic nitrogens is 2. The van der Waals surface area contributed by atoms with Gasteiger partial charge in [-0.05, 0) is 40.2 Å². The Bertz CT molecular complexity index is 1290. The van der Waals surface area contributed by atoms with Crippen molar-refractivity contribution in [3.05, 3.63) is 69.0 Å². The third kappa shape index (κ3) is 4.15. The molecule has 4 rings (SSSR count). The van der Waals surface area contributed by atoms with Crippen LogP contribution in [-0.4, -0.2) is 35.0 Å². The Kier molecular flexibility index (Phi) is 5.44. The zero-order valence-corrected chi connectivity index (χ0v) is 16.8. The Hall–Kier alpha value is -3.73. The Morgan fingerprint density at radius 1 is 1.00 bits per heavy atom. The van der Waals surface area contributed by atoms with Crippen molar-refractivity contribution in [3.8, 4) is 11.6 Å². The highest BCUT2D eigenvalue weighted by Crippen LogP contribution is 2.22. The maximum Gasteiger partial charge on any atom is 0.349 e. The molecule has 0 fully saturated rings. The number of nitrogens with zero attached hydrogens (tertiary/aromatic N) is 2. The van der Waals surface area contributed by atoms with E-state index < -0.39 is 17.4 Å². The third-order valence-corrected chi connectivity index (χ3v) is 4.42. The van der Waals surface area contributed by atoms with Crippen molar-refractivity contribution in [2.75, 3.05) is 13.1 Å². The minimum atomic E-state index is -0.738. The quantitative estimate of drug-likeness (QED) is 0.321. The van der Waals surface area contributed by atoms with Gasteiger partial charge in [0.05, 0.1) is 0 Å². The van der Waals surface area contributed by atoms with Crippen LogP contribution in [0, 0.1) is 0 Å². The summed E-state index contributed by atoms with van der Waals surface area (Å²) in [6.07, 6.45) is 0. The summed E-state index contributed by atoms with van der Waals surface area (Å²) in [5.41, 5.74) is -0.462. The van der Waals surface area contributed by atoms with Gasteiger partial charge >= 0.3 is 17.4 Å². The highest BCUT2D eigenvalue weighted by Gasteiger charge is 2.18. The maximum atomic E-state index is 12.2. The van der Waals surface area contributed by atoms with Crippen molar-refractivity contribution < 1.29 is 22.9 Å². The largest absolute Gasteiger partial charge is 0.446 e. The van der Waals surface area contributed by atoms with Crippen LogP contribution >= 0.6 is 15.9 Å². The van der Waals surface area contributed by atoms with Crippen molar-refractivity contribution in [1.82, 2.24) is 20.8 Å². The SMILES string of the molecule is O=C(NCCNC(=O)c1cc2ccccc2oc1=O)c1nc(-c2ccc(Br)o2)no1. The van der Waals surface area contributed by atoms with Crippen LogP contribution in [0.3, 0.4) is 0 Å². The molecular weight excluding hydrogens is 460 g/mol. The van der Waals surface area contributed by atoms with E-state index in [9.17, 15) is 14.4 Å². The first-order chi connectivity index (χ1) is 14.5. The van der Waals surface area contributed by atoms with E-state index in [1.54, 1.807) is 36.4 Å². The van der Waals surface area contributed by atoms with Crippen LogP contribution in [-0.2, 0) is 0 Å². The molecule has 1 aromatic carbocycles. The van der Waals surface area contributed by atoms with Crippen molar-refractivity contribution in [3.63, 3.8) is 0 Å². The fourth-order valence-corrected chi connectivity index (χ4v) is 2.90. The molecule has 4 aromatic rings. The molecule has 30 heavy (non-hydrogen) atoms. The van der Waals surface area contributed by atoms with Gasteiger partial charge in [-0.25, -0.2) is 4.79 Å². The molecule has 0 radical (unpaired) electrons. The molecule has 3 aromatic heterocycles. The van der Waals surface area contributed by atoms with E-state index in [1.165, 1.54) is 6.07 Å². The van der Waals surface area contributed by atoms with Gasteiger partial charge < -0.3 is 24.0 Å². The van der Waals surface area contributed by atoms with Gasteiger partial charge in [0.25, 0.3) is 5.91 Å². The predicted molar refractivity (Wildman–Crippen MR) is 107 cm³/mol. The van der Waals surface area contributed by atoms with Gasteiger partial charge in [0, 0.05) is 18.5 Å². The number of carbonyl (C=O) groups excluding carboxylic acids is 2. The zero-order chi connectivity index (χ0) is 21.1. The molecule has 0 aliphatic heterocycles. The van der Waals surface area contributed by atoms with Crippen molar-refractivity contribution in [2.45, 2.75) is 0 Å². The summed E-state index contributed by atoms with van der Waals surface area (Å²) in [5.74, 6) is -1.00. The summed E-state index contributed by atoms with van der Waals surface area (Å²) in [6.45, 7) is 0.149. The van der Waals surface area contributed by atoms with Crippen LogP contribution in [0.1, 0.15) is 21.0 Å². The summed E-state index contributed by atoms with van der Waals surface area (Å²) >= 11 is 3.16. The minimum Gasteiger partial charge on any atom is -0.446 e. The highest BCUT2D eigenvalue weighted by molar-refractivity contribution is 9.10. The number of amides is 2. The number of furan rings is 1. The summed E-state index contributed by atoms with van der Waals surface area (Å²) in [6, 6.07) is 11.6. The molecule has 10 nitrogen and oxygen atoms in total. The van der Waals surface area contributed by atoms with E-state index >= 15 is 0 Å². The molecule has 0 spiro atoms. The topological polar surface area (TPSA) is 140 Å². The lowest BCUT2D eigenvalue weighted by Crippen LogP contribution is -2.36. The number of rotatable bonds is 6.